The first kappa shape index (κ1) is 17.6. The van der Waals surface area contributed by atoms with Crippen LogP contribution in [-0.4, -0.2) is 42.1 Å². The lowest BCUT2D eigenvalue weighted by Crippen LogP contribution is -2.46. The SMILES string of the molecule is CCc1ccc(C2CNCCN2CCC(=O)Nc2cc(C)on2)cc1. The van der Waals surface area contributed by atoms with Crippen LogP contribution in [0.1, 0.15) is 36.3 Å². The molecule has 2 aromatic rings. The Balaban J connectivity index is 1.57. The quantitative estimate of drug-likeness (QED) is 0.844. The van der Waals surface area contributed by atoms with Gasteiger partial charge in [-0.05, 0) is 24.5 Å². The summed E-state index contributed by atoms with van der Waals surface area (Å²) in [5, 5.41) is 10.0. The largest absolute Gasteiger partial charge is 0.360 e. The fourth-order valence-corrected chi connectivity index (χ4v) is 3.19. The zero-order valence-corrected chi connectivity index (χ0v) is 14.9. The van der Waals surface area contributed by atoms with Crippen molar-refractivity contribution < 1.29 is 9.32 Å². The number of hydrogen-bond acceptors (Lipinski definition) is 5. The van der Waals surface area contributed by atoms with Gasteiger partial charge in [0.25, 0.3) is 0 Å². The van der Waals surface area contributed by atoms with E-state index in [2.05, 4.69) is 51.9 Å². The molecule has 0 spiro atoms. The molecule has 0 aliphatic carbocycles. The van der Waals surface area contributed by atoms with Gasteiger partial charge in [0.05, 0.1) is 0 Å². The van der Waals surface area contributed by atoms with Crippen molar-refractivity contribution >= 4 is 11.7 Å². The molecule has 1 atom stereocenters. The molecular formula is C19H26N4O2. The molecule has 25 heavy (non-hydrogen) atoms. The molecule has 1 aromatic carbocycles. The van der Waals surface area contributed by atoms with Crippen LogP contribution < -0.4 is 10.6 Å². The minimum atomic E-state index is -0.0353. The summed E-state index contributed by atoms with van der Waals surface area (Å²) < 4.78 is 4.97. The molecule has 1 fully saturated rings. The number of rotatable bonds is 6. The van der Waals surface area contributed by atoms with Crippen LogP contribution in [0.2, 0.25) is 0 Å². The summed E-state index contributed by atoms with van der Waals surface area (Å²) >= 11 is 0. The molecule has 1 aromatic heterocycles. The van der Waals surface area contributed by atoms with Crippen LogP contribution in [0.3, 0.4) is 0 Å². The summed E-state index contributed by atoms with van der Waals surface area (Å²) in [6.45, 7) is 7.50. The molecule has 2 heterocycles. The Hall–Kier alpha value is -2.18. The van der Waals surface area contributed by atoms with E-state index in [4.69, 9.17) is 4.52 Å². The summed E-state index contributed by atoms with van der Waals surface area (Å²) in [5.41, 5.74) is 2.65. The van der Waals surface area contributed by atoms with Crippen molar-refractivity contribution in [2.24, 2.45) is 0 Å². The molecule has 0 saturated carbocycles. The van der Waals surface area contributed by atoms with E-state index < -0.39 is 0 Å². The second-order valence-electron chi connectivity index (χ2n) is 6.47. The lowest BCUT2D eigenvalue weighted by Gasteiger charge is -2.36. The Morgan fingerprint density at radius 3 is 2.88 bits per heavy atom. The van der Waals surface area contributed by atoms with Crippen molar-refractivity contribution in [3.05, 3.63) is 47.2 Å². The molecule has 1 aliphatic heterocycles. The van der Waals surface area contributed by atoms with E-state index in [-0.39, 0.29) is 5.91 Å². The molecule has 3 rings (SSSR count). The van der Waals surface area contributed by atoms with Gasteiger partial charge in [0.15, 0.2) is 5.82 Å². The maximum Gasteiger partial charge on any atom is 0.226 e. The van der Waals surface area contributed by atoms with E-state index in [1.807, 2.05) is 0 Å². The average Bonchev–Trinajstić information content (AvgIpc) is 3.05. The van der Waals surface area contributed by atoms with Crippen molar-refractivity contribution in [1.82, 2.24) is 15.4 Å². The number of anilines is 1. The standard InChI is InChI=1S/C19H26N4O2/c1-3-15-4-6-16(7-5-15)17-13-20-9-11-23(17)10-8-19(24)21-18-12-14(2)25-22-18/h4-7,12,17,20H,3,8-11,13H2,1-2H3,(H,21,22,24). The van der Waals surface area contributed by atoms with Crippen LogP contribution in [0.5, 0.6) is 0 Å². The molecule has 1 saturated heterocycles. The zero-order chi connectivity index (χ0) is 17.6. The Kier molecular flexibility index (Phi) is 5.83. The smallest absolute Gasteiger partial charge is 0.226 e. The number of carbonyl (C=O) groups is 1. The van der Waals surface area contributed by atoms with Crippen LogP contribution in [0.15, 0.2) is 34.9 Å². The minimum absolute atomic E-state index is 0.0353. The highest BCUT2D eigenvalue weighted by molar-refractivity contribution is 5.89. The molecule has 6 heteroatoms. The predicted molar refractivity (Wildman–Crippen MR) is 97.5 cm³/mol. The number of nitrogens with one attached hydrogen (secondary N) is 2. The lowest BCUT2D eigenvalue weighted by molar-refractivity contribution is -0.116. The molecule has 1 aliphatic rings. The molecular weight excluding hydrogens is 316 g/mol. The van der Waals surface area contributed by atoms with Gasteiger partial charge < -0.3 is 15.2 Å². The molecule has 6 nitrogen and oxygen atoms in total. The Labute approximate surface area is 148 Å². The van der Waals surface area contributed by atoms with Gasteiger partial charge in [-0.15, -0.1) is 0 Å². The van der Waals surface area contributed by atoms with Crippen LogP contribution in [-0.2, 0) is 11.2 Å². The number of hydrogen-bond donors (Lipinski definition) is 2. The van der Waals surface area contributed by atoms with Gasteiger partial charge in [0, 0.05) is 44.7 Å². The van der Waals surface area contributed by atoms with Gasteiger partial charge in [-0.3, -0.25) is 9.69 Å². The predicted octanol–water partition coefficient (Wildman–Crippen LogP) is 2.52. The number of amides is 1. The number of aromatic nitrogens is 1. The highest BCUT2D eigenvalue weighted by atomic mass is 16.5. The Morgan fingerprint density at radius 2 is 2.20 bits per heavy atom. The van der Waals surface area contributed by atoms with Gasteiger partial charge in [-0.2, -0.15) is 0 Å². The van der Waals surface area contributed by atoms with E-state index in [0.29, 0.717) is 24.0 Å². The Bertz CT molecular complexity index is 696. The van der Waals surface area contributed by atoms with E-state index >= 15 is 0 Å². The van der Waals surface area contributed by atoms with Crippen molar-refractivity contribution in [2.45, 2.75) is 32.7 Å². The average molecular weight is 342 g/mol. The van der Waals surface area contributed by atoms with Crippen molar-refractivity contribution in [2.75, 3.05) is 31.5 Å². The Morgan fingerprint density at radius 1 is 1.40 bits per heavy atom. The third-order valence-electron chi connectivity index (χ3n) is 4.65. The van der Waals surface area contributed by atoms with Crippen molar-refractivity contribution in [3.8, 4) is 0 Å². The second kappa shape index (κ2) is 8.27. The fraction of sp³-hybridized carbons (Fsp3) is 0.474. The fourth-order valence-electron chi connectivity index (χ4n) is 3.19. The maximum absolute atomic E-state index is 12.2. The first-order valence-electron chi connectivity index (χ1n) is 8.92. The van der Waals surface area contributed by atoms with Crippen LogP contribution in [0.4, 0.5) is 5.82 Å². The van der Waals surface area contributed by atoms with Gasteiger partial charge in [-0.1, -0.05) is 36.3 Å². The highest BCUT2D eigenvalue weighted by Gasteiger charge is 2.24. The lowest BCUT2D eigenvalue weighted by atomic mass is 10.0. The van der Waals surface area contributed by atoms with Gasteiger partial charge in [0.1, 0.15) is 5.76 Å². The normalized spacial score (nSPS) is 18.2. The summed E-state index contributed by atoms with van der Waals surface area (Å²) in [5.74, 6) is 1.13. The molecule has 0 radical (unpaired) electrons. The number of benzene rings is 1. The van der Waals surface area contributed by atoms with Gasteiger partial charge >= 0.3 is 0 Å². The van der Waals surface area contributed by atoms with E-state index in [1.54, 1.807) is 13.0 Å². The summed E-state index contributed by atoms with van der Waals surface area (Å²) in [7, 11) is 0. The number of nitrogens with zero attached hydrogens (tertiary/aromatic N) is 2. The molecule has 0 bridgehead atoms. The molecule has 1 unspecified atom stereocenters. The number of piperazine rings is 1. The minimum Gasteiger partial charge on any atom is -0.360 e. The first-order valence-corrected chi connectivity index (χ1v) is 8.92. The third-order valence-corrected chi connectivity index (χ3v) is 4.65. The van der Waals surface area contributed by atoms with Crippen LogP contribution in [0, 0.1) is 6.92 Å². The second-order valence-corrected chi connectivity index (χ2v) is 6.47. The van der Waals surface area contributed by atoms with Crippen molar-refractivity contribution in [1.29, 1.82) is 0 Å². The molecule has 1 amide bonds. The van der Waals surface area contributed by atoms with E-state index in [0.717, 1.165) is 32.6 Å². The van der Waals surface area contributed by atoms with Gasteiger partial charge in [0.2, 0.25) is 5.91 Å². The number of aryl methyl sites for hydroxylation is 2. The molecule has 2 N–H and O–H groups in total. The summed E-state index contributed by atoms with van der Waals surface area (Å²) in [6, 6.07) is 10.8. The van der Waals surface area contributed by atoms with E-state index in [1.165, 1.54) is 11.1 Å². The van der Waals surface area contributed by atoms with Crippen LogP contribution >= 0.6 is 0 Å². The van der Waals surface area contributed by atoms with Crippen molar-refractivity contribution in [3.63, 3.8) is 0 Å². The van der Waals surface area contributed by atoms with E-state index in [9.17, 15) is 4.79 Å². The third kappa shape index (κ3) is 4.67. The first-order chi connectivity index (χ1) is 12.2. The zero-order valence-electron chi connectivity index (χ0n) is 14.9. The van der Waals surface area contributed by atoms with Gasteiger partial charge in [-0.25, -0.2) is 0 Å². The monoisotopic (exact) mass is 342 g/mol. The number of carbonyl (C=O) groups excluding carboxylic acids is 1. The maximum atomic E-state index is 12.2. The highest BCUT2D eigenvalue weighted by Crippen LogP contribution is 2.23. The van der Waals surface area contributed by atoms with Crippen LogP contribution in [0.25, 0.3) is 0 Å². The summed E-state index contributed by atoms with van der Waals surface area (Å²) in [4.78, 5) is 14.5. The summed E-state index contributed by atoms with van der Waals surface area (Å²) in [6.07, 6.45) is 1.49. The topological polar surface area (TPSA) is 70.4 Å². The molecule has 134 valence electrons.